The second-order valence-electron chi connectivity index (χ2n) is 5.29. The van der Waals surface area contributed by atoms with E-state index < -0.39 is 0 Å². The number of rotatable bonds is 8. The molecule has 0 fully saturated rings. The standard InChI is InChI=1S/C17H18BrClN4O3S/c1-25-15-6-10(8-21-23-17(20)27)2-5-14(15)26-9-16(24)22-11-3-4-12(18)13(19)7-11/h2-7,21H,8-9H2,1H3,(H,22,24)(H3,20,23,27). The van der Waals surface area contributed by atoms with Gasteiger partial charge in [0, 0.05) is 16.7 Å². The van der Waals surface area contributed by atoms with Crippen LogP contribution in [-0.4, -0.2) is 24.7 Å². The molecule has 27 heavy (non-hydrogen) atoms. The molecule has 0 radical (unpaired) electrons. The first-order chi connectivity index (χ1) is 12.9. The van der Waals surface area contributed by atoms with Crippen LogP contribution in [0, 0.1) is 0 Å². The lowest BCUT2D eigenvalue weighted by Crippen LogP contribution is -2.40. The molecular formula is C17H18BrClN4O3S. The van der Waals surface area contributed by atoms with Crippen molar-refractivity contribution in [2.24, 2.45) is 5.73 Å². The van der Waals surface area contributed by atoms with E-state index in [4.69, 9.17) is 39.0 Å². The van der Waals surface area contributed by atoms with Crippen molar-refractivity contribution in [3.05, 3.63) is 51.5 Å². The van der Waals surface area contributed by atoms with Crippen LogP contribution in [0.1, 0.15) is 5.56 Å². The van der Waals surface area contributed by atoms with Gasteiger partial charge in [-0.25, -0.2) is 5.43 Å². The number of carbonyl (C=O) groups is 1. The Balaban J connectivity index is 1.92. The molecule has 0 atom stereocenters. The maximum absolute atomic E-state index is 12.1. The first-order valence-corrected chi connectivity index (χ1v) is 9.30. The van der Waals surface area contributed by atoms with Crippen molar-refractivity contribution in [1.82, 2.24) is 10.9 Å². The number of thiocarbonyl (C=S) groups is 1. The van der Waals surface area contributed by atoms with Crippen LogP contribution < -0.4 is 31.4 Å². The summed E-state index contributed by atoms with van der Waals surface area (Å²) in [6.07, 6.45) is 0. The lowest BCUT2D eigenvalue weighted by Gasteiger charge is -2.13. The van der Waals surface area contributed by atoms with E-state index in [1.54, 1.807) is 30.3 Å². The minimum Gasteiger partial charge on any atom is -0.493 e. The number of ether oxygens (including phenoxy) is 2. The van der Waals surface area contributed by atoms with Crippen LogP contribution in [0.5, 0.6) is 11.5 Å². The van der Waals surface area contributed by atoms with Crippen LogP contribution in [-0.2, 0) is 11.3 Å². The number of methoxy groups -OCH3 is 1. The third-order valence-corrected chi connectivity index (χ3v) is 4.63. The van der Waals surface area contributed by atoms with Gasteiger partial charge in [-0.15, -0.1) is 0 Å². The van der Waals surface area contributed by atoms with Crippen molar-refractivity contribution in [2.45, 2.75) is 6.54 Å². The highest BCUT2D eigenvalue weighted by molar-refractivity contribution is 9.10. The van der Waals surface area contributed by atoms with Gasteiger partial charge in [0.1, 0.15) is 0 Å². The maximum atomic E-state index is 12.1. The molecule has 5 N–H and O–H groups in total. The molecule has 0 heterocycles. The Kier molecular flexibility index (Phi) is 8.11. The number of carbonyl (C=O) groups excluding carboxylic acids is 1. The summed E-state index contributed by atoms with van der Waals surface area (Å²) in [4.78, 5) is 12.1. The number of hydrogen-bond acceptors (Lipinski definition) is 5. The Morgan fingerprint density at radius 3 is 2.70 bits per heavy atom. The quantitative estimate of drug-likeness (QED) is 0.346. The number of hydrogen-bond donors (Lipinski definition) is 4. The summed E-state index contributed by atoms with van der Waals surface area (Å²) >= 11 is 14.0. The minimum atomic E-state index is -0.318. The number of benzene rings is 2. The molecule has 0 aliphatic heterocycles. The van der Waals surface area contributed by atoms with Crippen LogP contribution in [0.4, 0.5) is 5.69 Å². The average molecular weight is 474 g/mol. The summed E-state index contributed by atoms with van der Waals surface area (Å²) in [5, 5.41) is 3.37. The number of halogens is 2. The molecule has 144 valence electrons. The number of nitrogens with two attached hydrogens (primary N) is 1. The summed E-state index contributed by atoms with van der Waals surface area (Å²) in [6.45, 7) is 0.295. The van der Waals surface area contributed by atoms with E-state index >= 15 is 0 Å². The fourth-order valence-electron chi connectivity index (χ4n) is 2.09. The third kappa shape index (κ3) is 6.87. The predicted molar refractivity (Wildman–Crippen MR) is 113 cm³/mol. The molecule has 0 bridgehead atoms. The smallest absolute Gasteiger partial charge is 0.262 e. The largest absolute Gasteiger partial charge is 0.493 e. The Hall–Kier alpha value is -2.07. The van der Waals surface area contributed by atoms with E-state index in [1.165, 1.54) is 7.11 Å². The van der Waals surface area contributed by atoms with E-state index in [0.717, 1.165) is 10.0 Å². The summed E-state index contributed by atoms with van der Waals surface area (Å²) in [5.74, 6) is 0.637. The van der Waals surface area contributed by atoms with E-state index in [0.29, 0.717) is 28.8 Å². The zero-order valence-corrected chi connectivity index (χ0v) is 17.5. The number of amides is 1. The van der Waals surface area contributed by atoms with Crippen molar-refractivity contribution in [3.8, 4) is 11.5 Å². The van der Waals surface area contributed by atoms with Gasteiger partial charge in [0.05, 0.1) is 12.1 Å². The van der Waals surface area contributed by atoms with Gasteiger partial charge in [0.2, 0.25) is 0 Å². The van der Waals surface area contributed by atoms with Gasteiger partial charge in [-0.05, 0) is 64.0 Å². The van der Waals surface area contributed by atoms with E-state index in [1.807, 2.05) is 6.07 Å². The molecule has 2 aromatic rings. The van der Waals surface area contributed by atoms with Crippen molar-refractivity contribution < 1.29 is 14.3 Å². The Labute approximate surface area is 175 Å². The van der Waals surface area contributed by atoms with Gasteiger partial charge in [0.15, 0.2) is 23.2 Å². The second-order valence-corrected chi connectivity index (χ2v) is 7.00. The summed E-state index contributed by atoms with van der Waals surface area (Å²) in [7, 11) is 1.52. The zero-order valence-electron chi connectivity index (χ0n) is 14.3. The molecule has 0 aromatic heterocycles. The molecule has 0 aliphatic carbocycles. The summed E-state index contributed by atoms with van der Waals surface area (Å²) in [5.41, 5.74) is 12.3. The molecule has 0 aliphatic rings. The lowest BCUT2D eigenvalue weighted by atomic mass is 10.2. The Morgan fingerprint density at radius 2 is 2.04 bits per heavy atom. The SMILES string of the molecule is COc1cc(CNNC(N)=S)ccc1OCC(=O)Nc1ccc(Br)c(Cl)c1. The molecular weight excluding hydrogens is 456 g/mol. The Morgan fingerprint density at radius 1 is 1.26 bits per heavy atom. The zero-order chi connectivity index (χ0) is 19.8. The highest BCUT2D eigenvalue weighted by atomic mass is 79.9. The normalized spacial score (nSPS) is 10.2. The third-order valence-electron chi connectivity index (χ3n) is 3.29. The molecule has 2 rings (SSSR count). The summed E-state index contributed by atoms with van der Waals surface area (Å²) < 4.78 is 11.6. The van der Waals surface area contributed by atoms with Gasteiger partial charge < -0.3 is 20.5 Å². The second kappa shape index (κ2) is 10.3. The minimum absolute atomic E-state index is 0.153. The number of nitrogens with one attached hydrogen (secondary N) is 3. The molecule has 10 heteroatoms. The average Bonchev–Trinajstić information content (AvgIpc) is 2.63. The van der Waals surface area contributed by atoms with E-state index in [-0.39, 0.29) is 17.6 Å². The fourth-order valence-corrected chi connectivity index (χ4v) is 2.59. The van der Waals surface area contributed by atoms with Crippen LogP contribution in [0.3, 0.4) is 0 Å². The summed E-state index contributed by atoms with van der Waals surface area (Å²) in [6, 6.07) is 10.5. The first-order valence-electron chi connectivity index (χ1n) is 7.72. The van der Waals surface area contributed by atoms with Crippen molar-refractivity contribution in [1.29, 1.82) is 0 Å². The highest BCUT2D eigenvalue weighted by Gasteiger charge is 2.10. The topological polar surface area (TPSA) is 97.6 Å². The van der Waals surface area contributed by atoms with Crippen LogP contribution >= 0.6 is 39.7 Å². The molecule has 0 saturated carbocycles. The molecule has 7 nitrogen and oxygen atoms in total. The molecule has 0 saturated heterocycles. The van der Waals surface area contributed by atoms with Crippen molar-refractivity contribution >= 4 is 56.5 Å². The monoisotopic (exact) mass is 472 g/mol. The van der Waals surface area contributed by atoms with Gasteiger partial charge in [-0.1, -0.05) is 17.7 Å². The van der Waals surface area contributed by atoms with Gasteiger partial charge in [-0.3, -0.25) is 10.2 Å². The molecule has 2 aromatic carbocycles. The molecule has 1 amide bonds. The molecule has 0 unspecified atom stereocenters. The van der Waals surface area contributed by atoms with Gasteiger partial charge in [0.25, 0.3) is 5.91 Å². The predicted octanol–water partition coefficient (Wildman–Crippen LogP) is 2.97. The molecule has 0 spiro atoms. The van der Waals surface area contributed by atoms with Gasteiger partial charge >= 0.3 is 0 Å². The highest BCUT2D eigenvalue weighted by Crippen LogP contribution is 2.28. The maximum Gasteiger partial charge on any atom is 0.262 e. The lowest BCUT2D eigenvalue weighted by molar-refractivity contribution is -0.118. The van der Waals surface area contributed by atoms with Crippen LogP contribution in [0.15, 0.2) is 40.9 Å². The first kappa shape index (κ1) is 21.2. The van der Waals surface area contributed by atoms with E-state index in [2.05, 4.69) is 32.1 Å². The number of hydrazine groups is 1. The fraction of sp³-hybridized carbons (Fsp3) is 0.176. The van der Waals surface area contributed by atoms with Crippen molar-refractivity contribution in [2.75, 3.05) is 19.0 Å². The van der Waals surface area contributed by atoms with Crippen LogP contribution in [0.25, 0.3) is 0 Å². The van der Waals surface area contributed by atoms with E-state index in [9.17, 15) is 4.79 Å². The van der Waals surface area contributed by atoms with Crippen molar-refractivity contribution in [3.63, 3.8) is 0 Å². The van der Waals surface area contributed by atoms with Crippen LogP contribution in [0.2, 0.25) is 5.02 Å². The van der Waals surface area contributed by atoms with Gasteiger partial charge in [-0.2, -0.15) is 0 Å². The Bertz CT molecular complexity index is 838. The number of anilines is 1.